The van der Waals surface area contributed by atoms with E-state index in [4.69, 9.17) is 0 Å². The van der Waals surface area contributed by atoms with Gasteiger partial charge in [-0.3, -0.25) is 19.4 Å². The smallest absolute Gasteiger partial charge is 0.408 e. The van der Waals surface area contributed by atoms with Crippen LogP contribution in [-0.2, 0) is 22.6 Å². The van der Waals surface area contributed by atoms with E-state index in [1.807, 2.05) is 12.1 Å². The lowest BCUT2D eigenvalue weighted by Gasteiger charge is -2.34. The van der Waals surface area contributed by atoms with Gasteiger partial charge in [-0.2, -0.15) is 15.4 Å². The molecule has 1 atom stereocenters. The van der Waals surface area contributed by atoms with E-state index in [0.717, 1.165) is 10.5 Å². The van der Waals surface area contributed by atoms with Gasteiger partial charge in [0.25, 0.3) is 0 Å². The zero-order valence-corrected chi connectivity index (χ0v) is 16.5. The molecule has 1 aromatic heterocycles. The lowest BCUT2D eigenvalue weighted by atomic mass is 10.1. The highest BCUT2D eigenvalue weighted by atomic mass is 16.4. The Labute approximate surface area is 167 Å². The summed E-state index contributed by atoms with van der Waals surface area (Å²) in [4.78, 5) is 40.1. The van der Waals surface area contributed by atoms with E-state index in [2.05, 4.69) is 20.7 Å². The molecule has 0 radical (unpaired) electrons. The summed E-state index contributed by atoms with van der Waals surface area (Å²) >= 11 is 0. The van der Waals surface area contributed by atoms with E-state index in [9.17, 15) is 19.5 Å². The Hall–Kier alpha value is -3.43. The highest BCUT2D eigenvalue weighted by Gasteiger charge is 2.40. The van der Waals surface area contributed by atoms with Crippen LogP contribution < -0.4 is 10.2 Å². The Morgan fingerprint density at radius 1 is 1.31 bits per heavy atom. The number of H-pyrrole nitrogens is 1. The van der Waals surface area contributed by atoms with Gasteiger partial charge in [0.05, 0.1) is 12.7 Å². The van der Waals surface area contributed by atoms with Crippen LogP contribution in [0, 0.1) is 0 Å². The van der Waals surface area contributed by atoms with Crippen molar-refractivity contribution in [2.75, 3.05) is 11.4 Å². The van der Waals surface area contributed by atoms with Gasteiger partial charge in [0, 0.05) is 17.6 Å². The van der Waals surface area contributed by atoms with Gasteiger partial charge in [-0.25, -0.2) is 4.79 Å². The first-order chi connectivity index (χ1) is 13.7. The largest absolute Gasteiger partial charge is 0.465 e. The van der Waals surface area contributed by atoms with Crippen LogP contribution in [-0.4, -0.2) is 61.5 Å². The number of carbonyl (C=O) groups is 3. The van der Waals surface area contributed by atoms with Gasteiger partial charge in [-0.15, -0.1) is 0 Å². The monoisotopic (exact) mass is 400 g/mol. The van der Waals surface area contributed by atoms with E-state index in [1.165, 1.54) is 11.1 Å². The summed E-state index contributed by atoms with van der Waals surface area (Å²) in [6.45, 7) is 4.98. The summed E-state index contributed by atoms with van der Waals surface area (Å²) in [7, 11) is 0. The van der Waals surface area contributed by atoms with E-state index in [1.54, 1.807) is 32.9 Å². The topological polar surface area (TPSA) is 132 Å². The summed E-state index contributed by atoms with van der Waals surface area (Å²) < 4.78 is 0. The molecule has 1 aliphatic heterocycles. The van der Waals surface area contributed by atoms with Crippen molar-refractivity contribution in [3.63, 3.8) is 0 Å². The molecule has 2 aromatic rings. The molecule has 0 fully saturated rings. The second-order valence-corrected chi connectivity index (χ2v) is 7.83. The van der Waals surface area contributed by atoms with E-state index in [0.29, 0.717) is 17.8 Å². The number of para-hydroxylation sites is 1. The zero-order chi connectivity index (χ0) is 21.2. The zero-order valence-electron chi connectivity index (χ0n) is 16.5. The van der Waals surface area contributed by atoms with Crippen LogP contribution in [0.3, 0.4) is 0 Å². The van der Waals surface area contributed by atoms with E-state index in [-0.39, 0.29) is 19.0 Å². The summed E-state index contributed by atoms with van der Waals surface area (Å²) in [5.74, 6) is -0.788. The fraction of sp³-hybridized carbons (Fsp3) is 0.421. The number of nitrogens with one attached hydrogen (secondary N) is 2. The molecule has 0 spiro atoms. The first-order valence-electron chi connectivity index (χ1n) is 9.21. The molecule has 0 saturated carbocycles. The first kappa shape index (κ1) is 20.3. The maximum Gasteiger partial charge on any atom is 0.408 e. The number of carbonyl (C=O) groups excluding carboxylic acids is 2. The number of hydrogen-bond acceptors (Lipinski definition) is 5. The van der Waals surface area contributed by atoms with Crippen molar-refractivity contribution in [2.24, 2.45) is 0 Å². The summed E-state index contributed by atoms with van der Waals surface area (Å²) in [6.07, 6.45) is 0.667. The lowest BCUT2D eigenvalue weighted by Crippen LogP contribution is -2.54. The number of hydrogen-bond donors (Lipinski definition) is 3. The minimum atomic E-state index is -1.19. The van der Waals surface area contributed by atoms with Crippen LogP contribution in [0.15, 0.2) is 30.5 Å². The van der Waals surface area contributed by atoms with Gasteiger partial charge in [-0.1, -0.05) is 18.2 Å². The van der Waals surface area contributed by atoms with Crippen LogP contribution in [0.5, 0.6) is 0 Å². The van der Waals surface area contributed by atoms with Gasteiger partial charge in [0.15, 0.2) is 0 Å². The van der Waals surface area contributed by atoms with Crippen LogP contribution in [0.25, 0.3) is 0 Å². The van der Waals surface area contributed by atoms with Gasteiger partial charge >= 0.3 is 6.09 Å². The molecular weight excluding hydrogens is 376 g/mol. The Bertz CT molecular complexity index is 906. The highest BCUT2D eigenvalue weighted by molar-refractivity contribution is 6.04. The van der Waals surface area contributed by atoms with Gasteiger partial charge in [-0.05, 0) is 32.4 Å². The van der Waals surface area contributed by atoms with Gasteiger partial charge in [0.2, 0.25) is 11.8 Å². The van der Waals surface area contributed by atoms with Crippen molar-refractivity contribution < 1.29 is 19.5 Å². The third kappa shape index (κ3) is 4.36. The molecule has 0 saturated heterocycles. The number of carboxylic acid groups (broad SMARTS) is 1. The molecule has 29 heavy (non-hydrogen) atoms. The minimum absolute atomic E-state index is 0.174. The molecule has 3 rings (SSSR count). The summed E-state index contributed by atoms with van der Waals surface area (Å²) in [5.41, 5.74) is 1.29. The SMILES string of the molecule is CC(C)(C)N(CC(=O)N1c2ccccc2C[C@H]1C(=O)NCc1cn[nH]n1)C(=O)O. The molecule has 0 aliphatic carbocycles. The molecule has 0 unspecified atom stereocenters. The average Bonchev–Trinajstić information content (AvgIpc) is 3.30. The fourth-order valence-electron chi connectivity index (χ4n) is 3.31. The fourth-order valence-corrected chi connectivity index (χ4v) is 3.31. The van der Waals surface area contributed by atoms with Crippen molar-refractivity contribution in [3.8, 4) is 0 Å². The van der Waals surface area contributed by atoms with Crippen molar-refractivity contribution in [1.29, 1.82) is 0 Å². The maximum atomic E-state index is 13.1. The maximum absolute atomic E-state index is 13.1. The van der Waals surface area contributed by atoms with Crippen LogP contribution in [0.2, 0.25) is 0 Å². The lowest BCUT2D eigenvalue weighted by molar-refractivity contribution is -0.127. The Balaban J connectivity index is 1.82. The predicted molar refractivity (Wildman–Crippen MR) is 104 cm³/mol. The number of aromatic nitrogens is 3. The summed E-state index contributed by atoms with van der Waals surface area (Å²) in [6, 6.07) is 6.49. The number of aromatic amines is 1. The number of nitrogens with zero attached hydrogens (tertiary/aromatic N) is 4. The number of rotatable bonds is 5. The quantitative estimate of drug-likeness (QED) is 0.690. The molecule has 154 valence electrons. The predicted octanol–water partition coefficient (Wildman–Crippen LogP) is 1.16. The van der Waals surface area contributed by atoms with Crippen molar-refractivity contribution in [3.05, 3.63) is 41.7 Å². The van der Waals surface area contributed by atoms with Crippen molar-refractivity contribution >= 4 is 23.6 Å². The third-order valence-electron chi connectivity index (χ3n) is 4.79. The Morgan fingerprint density at radius 3 is 2.66 bits per heavy atom. The van der Waals surface area contributed by atoms with Crippen LogP contribution in [0.4, 0.5) is 10.5 Å². The molecule has 1 aliphatic rings. The van der Waals surface area contributed by atoms with Crippen molar-refractivity contribution in [1.82, 2.24) is 25.6 Å². The molecule has 10 nitrogen and oxygen atoms in total. The highest BCUT2D eigenvalue weighted by Crippen LogP contribution is 2.32. The molecule has 2 heterocycles. The molecule has 10 heteroatoms. The van der Waals surface area contributed by atoms with Gasteiger partial charge < -0.3 is 10.4 Å². The number of amides is 3. The Kier molecular flexibility index (Phi) is 5.53. The number of anilines is 1. The normalized spacial score (nSPS) is 15.7. The molecule has 3 amide bonds. The Morgan fingerprint density at radius 2 is 2.03 bits per heavy atom. The first-order valence-corrected chi connectivity index (χ1v) is 9.21. The molecule has 1 aromatic carbocycles. The third-order valence-corrected chi connectivity index (χ3v) is 4.79. The van der Waals surface area contributed by atoms with E-state index < -0.39 is 23.6 Å². The molecular formula is C19H24N6O4. The molecule has 3 N–H and O–H groups in total. The van der Waals surface area contributed by atoms with E-state index >= 15 is 0 Å². The average molecular weight is 400 g/mol. The minimum Gasteiger partial charge on any atom is -0.465 e. The van der Waals surface area contributed by atoms with Crippen LogP contribution >= 0.6 is 0 Å². The standard InChI is InChI=1S/C19H24N6O4/c1-19(2,3)24(18(28)29)11-16(26)25-14-7-5-4-6-12(14)8-15(25)17(27)20-9-13-10-21-23-22-13/h4-7,10,15H,8-9,11H2,1-3H3,(H,20,27)(H,28,29)(H,21,22,23)/t15-/m0/s1. The van der Waals surface area contributed by atoms with Crippen LogP contribution in [0.1, 0.15) is 32.0 Å². The summed E-state index contributed by atoms with van der Waals surface area (Å²) in [5, 5.41) is 22.3. The second kappa shape index (κ2) is 7.90. The second-order valence-electron chi connectivity index (χ2n) is 7.83. The number of fused-ring (bicyclic) bond motifs is 1. The molecule has 0 bridgehead atoms. The number of benzene rings is 1. The van der Waals surface area contributed by atoms with Gasteiger partial charge in [0.1, 0.15) is 18.3 Å². The van der Waals surface area contributed by atoms with Crippen molar-refractivity contribution in [2.45, 2.75) is 45.3 Å².